The van der Waals surface area contributed by atoms with E-state index < -0.39 is 32.7 Å². The molecule has 0 radical (unpaired) electrons. The molecule has 0 N–H and O–H groups in total. The van der Waals surface area contributed by atoms with Gasteiger partial charge in [0.15, 0.2) is 14.6 Å². The Morgan fingerprint density at radius 3 is 1.27 bits per heavy atom. The quantitative estimate of drug-likeness (QED) is 0.187. The van der Waals surface area contributed by atoms with Crippen molar-refractivity contribution in [2.24, 2.45) is 0 Å². The molecule has 0 aliphatic carbocycles. The number of rotatable bonds is 16. The van der Waals surface area contributed by atoms with Gasteiger partial charge in [-0.05, 0) is 36.3 Å². The third-order valence-electron chi connectivity index (χ3n) is 5.59. The molecule has 0 spiro atoms. The van der Waals surface area contributed by atoms with E-state index >= 15 is 0 Å². The number of carbonyl (C=O) groups is 2. The topological polar surface area (TPSA) is 71.1 Å². The maximum Gasteiger partial charge on any atom is 0.184 e. The zero-order chi connectivity index (χ0) is 26.5. The minimum Gasteiger partial charge on any atom is -0.405 e. The van der Waals surface area contributed by atoms with Crippen LogP contribution in [0.25, 0.3) is 0 Å². The second-order valence-electron chi connectivity index (χ2n) is 9.75. The van der Waals surface area contributed by atoms with Crippen LogP contribution in [0.1, 0.15) is 16.7 Å². The molecule has 3 aromatic rings. The van der Waals surface area contributed by atoms with Crippen molar-refractivity contribution in [1.29, 1.82) is 0 Å². The number of aldehydes is 2. The Morgan fingerprint density at radius 2 is 0.919 bits per heavy atom. The summed E-state index contributed by atoms with van der Waals surface area (Å²) in [4.78, 5) is 24.7. The summed E-state index contributed by atoms with van der Waals surface area (Å²) in [5.41, 5.74) is 2.78. The molecule has 37 heavy (non-hydrogen) atoms. The van der Waals surface area contributed by atoms with Gasteiger partial charge in [0.25, 0.3) is 0 Å². The average Bonchev–Trinajstić information content (AvgIpc) is 2.91. The van der Waals surface area contributed by atoms with Crippen molar-refractivity contribution in [2.45, 2.75) is 63.9 Å². The molecule has 3 aromatic carbocycles. The third kappa shape index (κ3) is 9.79. The number of hydrogen-bond acceptors (Lipinski definition) is 6. The molecule has 196 valence electrons. The number of carbonyl (C=O) groups excluding carboxylic acids is 2. The van der Waals surface area contributed by atoms with Gasteiger partial charge in [-0.3, -0.25) is 0 Å². The molecule has 7 heteroatoms. The van der Waals surface area contributed by atoms with Crippen LogP contribution < -0.4 is 0 Å². The zero-order valence-electron chi connectivity index (χ0n) is 21.7. The van der Waals surface area contributed by atoms with Gasteiger partial charge in [-0.25, -0.2) is 0 Å². The summed E-state index contributed by atoms with van der Waals surface area (Å²) in [6, 6.07) is 28.9. The molecule has 0 aliphatic rings. The summed E-state index contributed by atoms with van der Waals surface area (Å²) >= 11 is 0. The molecule has 0 saturated carbocycles. The first-order valence-electron chi connectivity index (χ1n) is 12.4. The monoisotopic (exact) mass is 520 g/mol. The summed E-state index contributed by atoms with van der Waals surface area (Å²) < 4.78 is 24.9. The Hall–Kier alpha value is -2.94. The van der Waals surface area contributed by atoms with E-state index in [0.717, 1.165) is 23.0 Å². The first kappa shape index (κ1) is 28.6. The van der Waals surface area contributed by atoms with Gasteiger partial charge in [0, 0.05) is 0 Å². The van der Waals surface area contributed by atoms with E-state index in [1.165, 1.54) is 0 Å². The fraction of sp³-hybridized carbons (Fsp3) is 0.333. The molecular formula is C30H36O6Si. The number of ether oxygens (including phenoxy) is 3. The fourth-order valence-corrected chi connectivity index (χ4v) is 4.85. The zero-order valence-corrected chi connectivity index (χ0v) is 22.7. The van der Waals surface area contributed by atoms with Crippen molar-refractivity contribution in [1.82, 2.24) is 0 Å². The lowest BCUT2D eigenvalue weighted by Gasteiger charge is -2.36. The van der Waals surface area contributed by atoms with Crippen LogP contribution in [0.5, 0.6) is 0 Å². The summed E-state index contributed by atoms with van der Waals surface area (Å²) in [6.45, 7) is 6.65. The molecule has 0 heterocycles. The van der Waals surface area contributed by atoms with E-state index in [0.29, 0.717) is 6.29 Å². The van der Waals surface area contributed by atoms with Gasteiger partial charge in [-0.1, -0.05) is 91.0 Å². The smallest absolute Gasteiger partial charge is 0.184 e. The van der Waals surface area contributed by atoms with E-state index in [1.54, 1.807) is 0 Å². The van der Waals surface area contributed by atoms with E-state index in [4.69, 9.17) is 18.6 Å². The molecule has 0 amide bonds. The molecule has 4 atom stereocenters. The summed E-state index contributed by atoms with van der Waals surface area (Å²) in [7, 11) is -2.16. The summed E-state index contributed by atoms with van der Waals surface area (Å²) in [5, 5.41) is 0. The molecule has 0 fully saturated rings. The molecular weight excluding hydrogens is 484 g/mol. The van der Waals surface area contributed by atoms with Crippen LogP contribution in [-0.4, -0.2) is 45.3 Å². The van der Waals surface area contributed by atoms with Gasteiger partial charge in [0.1, 0.15) is 30.7 Å². The van der Waals surface area contributed by atoms with Crippen LogP contribution >= 0.6 is 0 Å². The Kier molecular flexibility index (Phi) is 11.4. The van der Waals surface area contributed by atoms with Crippen LogP contribution in [0.3, 0.4) is 0 Å². The highest BCUT2D eigenvalue weighted by atomic mass is 28.4. The molecule has 3 rings (SSSR count). The second kappa shape index (κ2) is 14.7. The summed E-state index contributed by atoms with van der Waals surface area (Å²) in [5.74, 6) is 0. The van der Waals surface area contributed by atoms with Crippen molar-refractivity contribution in [3.63, 3.8) is 0 Å². The van der Waals surface area contributed by atoms with Crippen LogP contribution in [-0.2, 0) is 48.0 Å². The SMILES string of the molecule is C[Si](C)(C)O[C@@H](C=O)[C@@H](OCc1ccccc1)[C@H](OCc1ccccc1)[C@H](C=O)OCc1ccccc1. The van der Waals surface area contributed by atoms with Crippen molar-refractivity contribution in [3.8, 4) is 0 Å². The van der Waals surface area contributed by atoms with E-state index in [-0.39, 0.29) is 19.8 Å². The van der Waals surface area contributed by atoms with Crippen LogP contribution in [0, 0.1) is 0 Å². The lowest BCUT2D eigenvalue weighted by atomic mass is 10.0. The molecule has 6 nitrogen and oxygen atoms in total. The van der Waals surface area contributed by atoms with E-state index in [9.17, 15) is 9.59 Å². The lowest BCUT2D eigenvalue weighted by molar-refractivity contribution is -0.176. The molecule has 0 saturated heterocycles. The average molecular weight is 521 g/mol. The number of benzene rings is 3. The Labute approximate surface area is 220 Å². The van der Waals surface area contributed by atoms with Gasteiger partial charge in [-0.15, -0.1) is 0 Å². The third-order valence-corrected chi connectivity index (χ3v) is 6.56. The van der Waals surface area contributed by atoms with Crippen LogP contribution in [0.15, 0.2) is 91.0 Å². The van der Waals surface area contributed by atoms with Crippen molar-refractivity contribution in [2.75, 3.05) is 0 Å². The predicted molar refractivity (Wildman–Crippen MR) is 145 cm³/mol. The van der Waals surface area contributed by atoms with E-state index in [2.05, 4.69) is 0 Å². The van der Waals surface area contributed by atoms with Crippen molar-refractivity contribution < 1.29 is 28.2 Å². The molecule has 0 aliphatic heterocycles. The van der Waals surface area contributed by atoms with Gasteiger partial charge >= 0.3 is 0 Å². The second-order valence-corrected chi connectivity index (χ2v) is 14.2. The predicted octanol–water partition coefficient (Wildman–Crippen LogP) is 5.36. The van der Waals surface area contributed by atoms with Gasteiger partial charge in [0.2, 0.25) is 0 Å². The minimum absolute atomic E-state index is 0.210. The fourth-order valence-electron chi connectivity index (χ4n) is 3.85. The lowest BCUT2D eigenvalue weighted by Crippen LogP contribution is -2.52. The Bertz CT molecular complexity index is 1060. The molecule has 0 bridgehead atoms. The highest BCUT2D eigenvalue weighted by molar-refractivity contribution is 6.69. The van der Waals surface area contributed by atoms with Crippen LogP contribution in [0.4, 0.5) is 0 Å². The van der Waals surface area contributed by atoms with Crippen molar-refractivity contribution >= 4 is 20.9 Å². The maximum absolute atomic E-state index is 12.4. The Morgan fingerprint density at radius 1 is 0.568 bits per heavy atom. The van der Waals surface area contributed by atoms with Crippen molar-refractivity contribution in [3.05, 3.63) is 108 Å². The summed E-state index contributed by atoms with van der Waals surface area (Å²) in [6.07, 6.45) is -2.23. The standard InChI is InChI=1S/C30H36O6Si/c1-37(2,3)36-28(20-32)30(35-23-26-17-11-6-12-18-26)29(34-22-25-15-9-5-10-16-25)27(19-31)33-21-24-13-7-4-8-14-24/h4-20,27-30H,21-23H2,1-3H3/t27-,28-,29+,30+/m0/s1. The highest BCUT2D eigenvalue weighted by Crippen LogP contribution is 2.23. The van der Waals surface area contributed by atoms with Gasteiger partial charge in [0.05, 0.1) is 19.8 Å². The van der Waals surface area contributed by atoms with E-state index in [1.807, 2.05) is 111 Å². The Balaban J connectivity index is 1.91. The normalized spacial score (nSPS) is 14.9. The largest absolute Gasteiger partial charge is 0.405 e. The highest BCUT2D eigenvalue weighted by Gasteiger charge is 2.40. The number of hydrogen-bond donors (Lipinski definition) is 0. The minimum atomic E-state index is -2.16. The molecule has 0 aromatic heterocycles. The molecule has 0 unspecified atom stereocenters. The van der Waals surface area contributed by atoms with Gasteiger partial charge < -0.3 is 28.2 Å². The first-order chi connectivity index (χ1) is 17.9. The maximum atomic E-state index is 12.4. The van der Waals surface area contributed by atoms with Gasteiger partial charge in [-0.2, -0.15) is 0 Å². The first-order valence-corrected chi connectivity index (χ1v) is 15.9. The van der Waals surface area contributed by atoms with Crippen LogP contribution in [0.2, 0.25) is 19.6 Å².